The molecule has 0 amide bonds. The zero-order chi connectivity index (χ0) is 15.0. The summed E-state index contributed by atoms with van der Waals surface area (Å²) in [6.45, 7) is 12.0. The minimum atomic E-state index is -0.305. The number of aromatic nitrogens is 1. The van der Waals surface area contributed by atoms with Crippen LogP contribution in [0.5, 0.6) is 17.4 Å². The van der Waals surface area contributed by atoms with Crippen LogP contribution < -0.4 is 14.2 Å². The first-order chi connectivity index (χ1) is 9.12. The van der Waals surface area contributed by atoms with Crippen LogP contribution in [0.1, 0.15) is 54.4 Å². The number of nitrogens with zero attached hydrogens (tertiary/aromatic N) is 1. The van der Waals surface area contributed by atoms with Crippen molar-refractivity contribution in [3.05, 3.63) is 12.3 Å². The molecule has 4 nitrogen and oxygen atoms in total. The van der Waals surface area contributed by atoms with E-state index in [0.717, 1.165) is 12.8 Å². The molecule has 1 heterocycles. The Morgan fingerprint density at radius 3 is 2.10 bits per heavy atom. The molecule has 0 N–H and O–H groups in total. The highest BCUT2D eigenvalue weighted by Gasteiger charge is 2.27. The summed E-state index contributed by atoms with van der Waals surface area (Å²) < 4.78 is 17.6. The van der Waals surface area contributed by atoms with Gasteiger partial charge in [-0.1, -0.05) is 0 Å². The standard InChI is InChI=1S/C16H25NO3/c1-15(2,3)19-12-9-13(18-11-7-8-11)14(17-10-12)20-16(4,5)6/h9-11H,7-8H2,1-6H3. The van der Waals surface area contributed by atoms with Gasteiger partial charge in [-0.25, -0.2) is 4.98 Å². The van der Waals surface area contributed by atoms with Crippen molar-refractivity contribution in [3.8, 4) is 17.4 Å². The molecular formula is C16H25NO3. The van der Waals surface area contributed by atoms with Crippen LogP contribution in [0.3, 0.4) is 0 Å². The number of rotatable bonds is 4. The molecule has 0 spiro atoms. The van der Waals surface area contributed by atoms with Crippen LogP contribution in [-0.2, 0) is 0 Å². The lowest BCUT2D eigenvalue weighted by atomic mass is 10.2. The van der Waals surface area contributed by atoms with Crippen LogP contribution >= 0.6 is 0 Å². The van der Waals surface area contributed by atoms with Gasteiger partial charge in [-0.05, 0) is 54.4 Å². The minimum absolute atomic E-state index is 0.259. The summed E-state index contributed by atoms with van der Waals surface area (Å²) in [7, 11) is 0. The molecule has 2 rings (SSSR count). The largest absolute Gasteiger partial charge is 0.486 e. The summed E-state index contributed by atoms with van der Waals surface area (Å²) in [4.78, 5) is 4.36. The highest BCUT2D eigenvalue weighted by molar-refractivity contribution is 5.40. The molecule has 1 aliphatic carbocycles. The minimum Gasteiger partial charge on any atom is -0.486 e. The van der Waals surface area contributed by atoms with Crippen LogP contribution in [-0.4, -0.2) is 22.3 Å². The highest BCUT2D eigenvalue weighted by atomic mass is 16.5. The van der Waals surface area contributed by atoms with Crippen LogP contribution in [0.2, 0.25) is 0 Å². The van der Waals surface area contributed by atoms with E-state index in [0.29, 0.717) is 23.5 Å². The number of hydrogen-bond donors (Lipinski definition) is 0. The van der Waals surface area contributed by atoms with Gasteiger partial charge in [-0.2, -0.15) is 0 Å². The Hall–Kier alpha value is -1.45. The molecule has 1 aromatic heterocycles. The van der Waals surface area contributed by atoms with Gasteiger partial charge >= 0.3 is 0 Å². The monoisotopic (exact) mass is 279 g/mol. The second-order valence-electron chi connectivity index (χ2n) is 7.22. The van der Waals surface area contributed by atoms with E-state index in [2.05, 4.69) is 4.98 Å². The molecule has 0 unspecified atom stereocenters. The summed E-state index contributed by atoms with van der Waals surface area (Å²) >= 11 is 0. The first kappa shape index (κ1) is 14.9. The third kappa shape index (κ3) is 4.91. The molecular weight excluding hydrogens is 254 g/mol. The second-order valence-corrected chi connectivity index (χ2v) is 7.22. The quantitative estimate of drug-likeness (QED) is 0.836. The van der Waals surface area contributed by atoms with Crippen molar-refractivity contribution in [2.24, 2.45) is 0 Å². The fourth-order valence-electron chi connectivity index (χ4n) is 1.64. The molecule has 20 heavy (non-hydrogen) atoms. The molecule has 0 atom stereocenters. The summed E-state index contributed by atoms with van der Waals surface area (Å²) in [5, 5.41) is 0. The third-order valence-corrected chi connectivity index (χ3v) is 2.44. The van der Waals surface area contributed by atoms with Gasteiger partial charge in [0.15, 0.2) is 5.75 Å². The molecule has 1 aliphatic rings. The summed E-state index contributed by atoms with van der Waals surface area (Å²) in [5.41, 5.74) is -0.563. The van der Waals surface area contributed by atoms with Gasteiger partial charge in [0.2, 0.25) is 0 Å². The number of pyridine rings is 1. The van der Waals surface area contributed by atoms with E-state index in [9.17, 15) is 0 Å². The van der Waals surface area contributed by atoms with Crippen molar-refractivity contribution in [1.29, 1.82) is 0 Å². The van der Waals surface area contributed by atoms with Crippen molar-refractivity contribution in [2.45, 2.75) is 71.7 Å². The average molecular weight is 279 g/mol. The Kier molecular flexibility index (Phi) is 3.85. The predicted molar refractivity (Wildman–Crippen MR) is 78.6 cm³/mol. The van der Waals surface area contributed by atoms with Crippen LogP contribution in [0.25, 0.3) is 0 Å². The van der Waals surface area contributed by atoms with E-state index in [4.69, 9.17) is 14.2 Å². The zero-order valence-corrected chi connectivity index (χ0v) is 13.3. The van der Waals surface area contributed by atoms with Crippen molar-refractivity contribution < 1.29 is 14.2 Å². The summed E-state index contributed by atoms with van der Waals surface area (Å²) in [5.74, 6) is 1.91. The predicted octanol–water partition coefficient (Wildman–Crippen LogP) is 3.98. The maximum absolute atomic E-state index is 5.89. The molecule has 4 heteroatoms. The molecule has 112 valence electrons. The molecule has 0 bridgehead atoms. The number of hydrogen-bond acceptors (Lipinski definition) is 4. The molecule has 0 aliphatic heterocycles. The number of ether oxygens (including phenoxy) is 3. The van der Waals surface area contributed by atoms with E-state index < -0.39 is 0 Å². The Bertz CT molecular complexity index is 468. The average Bonchev–Trinajstić information content (AvgIpc) is 3.01. The maximum Gasteiger partial charge on any atom is 0.257 e. The zero-order valence-electron chi connectivity index (χ0n) is 13.3. The van der Waals surface area contributed by atoms with Crippen LogP contribution in [0, 0.1) is 0 Å². The highest BCUT2D eigenvalue weighted by Crippen LogP contribution is 2.36. The SMILES string of the molecule is CC(C)(C)Oc1cnc(OC(C)(C)C)c(OC2CC2)c1. The van der Waals surface area contributed by atoms with E-state index in [1.54, 1.807) is 6.20 Å². The Morgan fingerprint density at radius 1 is 1.00 bits per heavy atom. The van der Waals surface area contributed by atoms with Gasteiger partial charge in [0, 0.05) is 6.07 Å². The van der Waals surface area contributed by atoms with Crippen LogP contribution in [0.15, 0.2) is 12.3 Å². The third-order valence-electron chi connectivity index (χ3n) is 2.44. The first-order valence-electron chi connectivity index (χ1n) is 7.17. The lowest BCUT2D eigenvalue weighted by Gasteiger charge is -2.24. The lowest BCUT2D eigenvalue weighted by molar-refractivity contribution is 0.111. The maximum atomic E-state index is 5.89. The molecule has 0 saturated heterocycles. The topological polar surface area (TPSA) is 40.6 Å². The first-order valence-corrected chi connectivity index (χ1v) is 7.17. The van der Waals surface area contributed by atoms with Crippen molar-refractivity contribution in [1.82, 2.24) is 4.98 Å². The van der Waals surface area contributed by atoms with Crippen molar-refractivity contribution in [3.63, 3.8) is 0 Å². The van der Waals surface area contributed by atoms with Gasteiger partial charge in [-0.3, -0.25) is 0 Å². The molecule has 1 aromatic rings. The fraction of sp³-hybridized carbons (Fsp3) is 0.688. The molecule has 1 fully saturated rings. The molecule has 0 aromatic carbocycles. The second kappa shape index (κ2) is 5.15. The smallest absolute Gasteiger partial charge is 0.257 e. The van der Waals surface area contributed by atoms with E-state index >= 15 is 0 Å². The van der Waals surface area contributed by atoms with Crippen molar-refractivity contribution in [2.75, 3.05) is 0 Å². The molecule has 0 radical (unpaired) electrons. The fourth-order valence-corrected chi connectivity index (χ4v) is 1.64. The van der Waals surface area contributed by atoms with E-state index in [1.807, 2.05) is 47.6 Å². The lowest BCUT2D eigenvalue weighted by Crippen LogP contribution is -2.25. The van der Waals surface area contributed by atoms with Gasteiger partial charge in [0.1, 0.15) is 17.0 Å². The Labute approximate surface area is 121 Å². The summed E-state index contributed by atoms with van der Waals surface area (Å²) in [6, 6.07) is 1.87. The van der Waals surface area contributed by atoms with Crippen molar-refractivity contribution >= 4 is 0 Å². The normalized spacial score (nSPS) is 15.9. The van der Waals surface area contributed by atoms with E-state index in [-0.39, 0.29) is 11.2 Å². The van der Waals surface area contributed by atoms with Gasteiger partial charge in [0.05, 0.1) is 12.3 Å². The van der Waals surface area contributed by atoms with E-state index in [1.165, 1.54) is 0 Å². The summed E-state index contributed by atoms with van der Waals surface area (Å²) in [6.07, 6.45) is 4.18. The van der Waals surface area contributed by atoms with Crippen LogP contribution in [0.4, 0.5) is 0 Å². The van der Waals surface area contributed by atoms with Gasteiger partial charge < -0.3 is 14.2 Å². The Balaban J connectivity index is 2.22. The molecule has 1 saturated carbocycles. The van der Waals surface area contributed by atoms with Gasteiger partial charge in [0.25, 0.3) is 5.88 Å². The van der Waals surface area contributed by atoms with Gasteiger partial charge in [-0.15, -0.1) is 0 Å². The Morgan fingerprint density at radius 2 is 1.60 bits per heavy atom.